The highest BCUT2D eigenvalue weighted by atomic mass is 32.2. The molecule has 4 aromatic rings. The van der Waals surface area contributed by atoms with Crippen LogP contribution in [0, 0.1) is 0 Å². The standard InChI is InChI=1S/C60H80N10O9S2/c1-42(61-3)56(71)63-48-39-67(35-33-49-29-31-52(69(49)40-48)58(73)65-54(44-21-11-7-12-22-44)45-23-13-8-14-24-45)80(76,77)37-19-5-6-20-38-81(78,79)68-36-34-50-30-32-53(70(50)60(75)51(41-68)64-57(72)43(2)62-4)59(74)66-55(46-25-15-9-16-26-46)47-27-17-10-18-28-47/h5-18,21-28,42-43,48-55,61-62H,19-20,29-41H2,1-4H3,(H,63,71)(H,64,72)(H,65,73)(H,66,74). The van der Waals surface area contributed by atoms with Crippen molar-refractivity contribution in [2.24, 2.45) is 0 Å². The van der Waals surface area contributed by atoms with Gasteiger partial charge in [-0.15, -0.1) is 0 Å². The van der Waals surface area contributed by atoms with Gasteiger partial charge in [-0.3, -0.25) is 28.9 Å². The molecular formula is C60H80N10O9S2. The van der Waals surface area contributed by atoms with Gasteiger partial charge in [0.25, 0.3) is 0 Å². The average molecular weight is 1150 g/mol. The molecule has 4 saturated heterocycles. The van der Waals surface area contributed by atoms with Gasteiger partial charge in [-0.1, -0.05) is 133 Å². The molecule has 4 heterocycles. The third-order valence-corrected chi connectivity index (χ3v) is 20.2. The van der Waals surface area contributed by atoms with Gasteiger partial charge in [-0.25, -0.2) is 16.8 Å². The van der Waals surface area contributed by atoms with E-state index in [0.29, 0.717) is 32.1 Å². The van der Waals surface area contributed by atoms with E-state index in [9.17, 15) is 40.8 Å². The van der Waals surface area contributed by atoms with Gasteiger partial charge in [0.1, 0.15) is 12.1 Å². The fourth-order valence-electron chi connectivity index (χ4n) is 11.6. The molecule has 0 aliphatic carbocycles. The Hall–Kier alpha value is -6.33. The minimum atomic E-state index is -4.02. The SMILES string of the molecule is CNC(C)C(=O)NC1CN2C(CCC2C(=O)NC(c2ccccc2)c2ccccc2)CCN(S(=O)(=O)CCC=CCCS(=O)(=O)N2CCC3CCC(C(=O)NC(c4ccccc4)c4ccccc4)N3C(=O)C(NC(=O)C(C)NC)C2)C1. The Balaban J connectivity index is 0.892. The molecule has 436 valence electrons. The predicted molar refractivity (Wildman–Crippen MR) is 312 cm³/mol. The summed E-state index contributed by atoms with van der Waals surface area (Å²) in [5, 5.41) is 18.2. The summed E-state index contributed by atoms with van der Waals surface area (Å²) in [4.78, 5) is 73.8. The summed E-state index contributed by atoms with van der Waals surface area (Å²) in [7, 11) is -4.62. The Bertz CT molecular complexity index is 2940. The summed E-state index contributed by atoms with van der Waals surface area (Å²) in [5.41, 5.74) is 3.63. The third kappa shape index (κ3) is 15.4. The summed E-state index contributed by atoms with van der Waals surface area (Å²) in [5.74, 6) is -2.37. The molecule has 0 aromatic heterocycles. The first-order chi connectivity index (χ1) is 39.0. The molecule has 0 saturated carbocycles. The number of amides is 5. The van der Waals surface area contributed by atoms with Crippen molar-refractivity contribution >= 4 is 49.6 Å². The topological polar surface area (TPSA) is 239 Å². The van der Waals surface area contributed by atoms with Crippen LogP contribution in [0.25, 0.3) is 0 Å². The molecule has 21 heteroatoms. The number of hydrogen-bond acceptors (Lipinski definition) is 12. The summed E-state index contributed by atoms with van der Waals surface area (Å²) in [6.07, 6.45) is 6.31. The van der Waals surface area contributed by atoms with Gasteiger partial charge >= 0.3 is 0 Å². The van der Waals surface area contributed by atoms with Crippen molar-refractivity contribution in [2.75, 3.05) is 58.3 Å². The van der Waals surface area contributed by atoms with E-state index in [0.717, 1.165) is 22.3 Å². The number of nitrogens with one attached hydrogen (secondary N) is 6. The predicted octanol–water partition coefficient (Wildman–Crippen LogP) is 3.58. The molecule has 0 bridgehead atoms. The molecule has 4 aromatic carbocycles. The Labute approximate surface area is 478 Å². The highest BCUT2D eigenvalue weighted by Gasteiger charge is 2.47. The van der Waals surface area contributed by atoms with Crippen LogP contribution in [0.4, 0.5) is 0 Å². The van der Waals surface area contributed by atoms with Crippen molar-refractivity contribution in [2.45, 2.75) is 126 Å². The Morgan fingerprint density at radius 3 is 1.41 bits per heavy atom. The largest absolute Gasteiger partial charge is 0.349 e. The van der Waals surface area contributed by atoms with Crippen molar-refractivity contribution < 1.29 is 40.8 Å². The van der Waals surface area contributed by atoms with Crippen LogP contribution in [0.1, 0.15) is 99.6 Å². The second kappa shape index (κ2) is 28.1. The number of likely N-dealkylation sites (N-methyl/N-ethyl adjacent to an activating group) is 2. The molecule has 81 heavy (non-hydrogen) atoms. The highest BCUT2D eigenvalue weighted by Crippen LogP contribution is 2.33. The van der Waals surface area contributed by atoms with Crippen LogP contribution >= 0.6 is 0 Å². The van der Waals surface area contributed by atoms with E-state index in [4.69, 9.17) is 0 Å². The molecule has 4 aliphatic rings. The number of benzene rings is 4. The maximum absolute atomic E-state index is 14.7. The smallest absolute Gasteiger partial charge is 0.247 e. The van der Waals surface area contributed by atoms with Crippen LogP contribution in [-0.4, -0.2) is 171 Å². The van der Waals surface area contributed by atoms with Gasteiger partial charge < -0.3 is 36.8 Å². The van der Waals surface area contributed by atoms with Gasteiger partial charge in [0.05, 0.1) is 47.8 Å². The fourth-order valence-corrected chi connectivity index (χ4v) is 14.6. The minimum absolute atomic E-state index is 0.00376. The molecule has 4 aliphatic heterocycles. The van der Waals surface area contributed by atoms with Gasteiger partial charge in [0, 0.05) is 44.8 Å². The number of sulfonamides is 2. The number of carbonyl (C=O) groups excluding carboxylic acids is 5. The molecule has 8 rings (SSSR count). The number of carbonyl (C=O) groups is 5. The van der Waals surface area contributed by atoms with Gasteiger partial charge in [-0.2, -0.15) is 8.61 Å². The maximum atomic E-state index is 14.7. The minimum Gasteiger partial charge on any atom is -0.349 e. The Morgan fingerprint density at radius 2 is 0.938 bits per heavy atom. The van der Waals surface area contributed by atoms with E-state index >= 15 is 0 Å². The molecule has 0 spiro atoms. The summed E-state index contributed by atoms with van der Waals surface area (Å²) < 4.78 is 59.4. The summed E-state index contributed by atoms with van der Waals surface area (Å²) in [6, 6.07) is 32.8. The maximum Gasteiger partial charge on any atom is 0.247 e. The van der Waals surface area contributed by atoms with Crippen molar-refractivity contribution in [3.8, 4) is 0 Å². The molecule has 8 atom stereocenters. The number of allylic oxidation sites excluding steroid dienone is 2. The van der Waals surface area contributed by atoms with Crippen molar-refractivity contribution in [1.29, 1.82) is 0 Å². The second-order valence-corrected chi connectivity index (χ2v) is 25.9. The second-order valence-electron chi connectivity index (χ2n) is 21.7. The van der Waals surface area contributed by atoms with Crippen molar-refractivity contribution in [1.82, 2.24) is 50.3 Å². The number of rotatable bonds is 22. The van der Waals surface area contributed by atoms with E-state index in [1.54, 1.807) is 45.0 Å². The lowest BCUT2D eigenvalue weighted by atomic mass is 9.98. The zero-order valence-electron chi connectivity index (χ0n) is 46.9. The van der Waals surface area contributed by atoms with Crippen LogP contribution in [0.2, 0.25) is 0 Å². The van der Waals surface area contributed by atoms with Gasteiger partial charge in [0.15, 0.2) is 0 Å². The third-order valence-electron chi connectivity index (χ3n) is 16.4. The highest BCUT2D eigenvalue weighted by molar-refractivity contribution is 7.89. The van der Waals surface area contributed by atoms with Crippen LogP contribution in [-0.2, 0) is 44.0 Å². The van der Waals surface area contributed by atoms with Crippen molar-refractivity contribution in [3.05, 3.63) is 156 Å². The van der Waals surface area contributed by atoms with Crippen LogP contribution < -0.4 is 31.9 Å². The van der Waals surface area contributed by atoms with Crippen LogP contribution in [0.15, 0.2) is 133 Å². The number of fused-ring (bicyclic) bond motifs is 2. The van der Waals surface area contributed by atoms with Crippen LogP contribution in [0.5, 0.6) is 0 Å². The zero-order valence-corrected chi connectivity index (χ0v) is 48.5. The number of hydrogen-bond donors (Lipinski definition) is 6. The van der Waals surface area contributed by atoms with Gasteiger partial charge in [0.2, 0.25) is 49.6 Å². The monoisotopic (exact) mass is 1150 g/mol. The summed E-state index contributed by atoms with van der Waals surface area (Å²) >= 11 is 0. The molecule has 5 amide bonds. The van der Waals surface area contributed by atoms with Crippen LogP contribution in [0.3, 0.4) is 0 Å². The first-order valence-corrected chi connectivity index (χ1v) is 31.6. The lowest BCUT2D eigenvalue weighted by Gasteiger charge is -2.39. The van der Waals surface area contributed by atoms with E-state index in [2.05, 4.69) is 36.8 Å². The Morgan fingerprint density at radius 1 is 0.531 bits per heavy atom. The van der Waals surface area contributed by atoms with E-state index in [1.807, 2.05) is 121 Å². The molecular weight excluding hydrogens is 1070 g/mol. The molecule has 6 N–H and O–H groups in total. The molecule has 19 nitrogen and oxygen atoms in total. The lowest BCUT2D eigenvalue weighted by Crippen LogP contribution is -2.62. The zero-order chi connectivity index (χ0) is 57.7. The van der Waals surface area contributed by atoms with E-state index in [1.165, 1.54) is 8.61 Å². The number of nitrogens with zero attached hydrogens (tertiary/aromatic N) is 4. The fraction of sp³-hybridized carbons (Fsp3) is 0.483. The first kappa shape index (κ1) is 60.8. The van der Waals surface area contributed by atoms with Crippen molar-refractivity contribution in [3.63, 3.8) is 0 Å². The summed E-state index contributed by atoms with van der Waals surface area (Å²) in [6.45, 7) is 3.53. The van der Waals surface area contributed by atoms with Gasteiger partial charge in [-0.05, 0) is 102 Å². The van der Waals surface area contributed by atoms with E-state index in [-0.39, 0.29) is 93.3 Å². The Kier molecular flexibility index (Phi) is 21.1. The van der Waals surface area contributed by atoms with E-state index < -0.39 is 80.2 Å². The quantitative estimate of drug-likeness (QED) is 0.0620. The molecule has 0 radical (unpaired) electrons. The molecule has 8 unspecified atom stereocenters. The normalized spacial score (nSPS) is 23.1. The first-order valence-electron chi connectivity index (χ1n) is 28.4. The molecule has 4 fully saturated rings. The average Bonchev–Trinajstić information content (AvgIpc) is 4.22. The lowest BCUT2D eigenvalue weighted by molar-refractivity contribution is -0.144.